The van der Waals surface area contributed by atoms with Crippen molar-refractivity contribution in [1.29, 1.82) is 0 Å². The van der Waals surface area contributed by atoms with Gasteiger partial charge in [-0.2, -0.15) is 0 Å². The summed E-state index contributed by atoms with van der Waals surface area (Å²) in [6.45, 7) is 2.34. The van der Waals surface area contributed by atoms with Gasteiger partial charge in [-0.25, -0.2) is 0 Å². The molecule has 16 heavy (non-hydrogen) atoms. The van der Waals surface area contributed by atoms with Crippen molar-refractivity contribution in [1.82, 2.24) is 0 Å². The van der Waals surface area contributed by atoms with Crippen molar-refractivity contribution in [2.75, 3.05) is 19.5 Å². The quantitative estimate of drug-likeness (QED) is 0.723. The van der Waals surface area contributed by atoms with Gasteiger partial charge < -0.3 is 20.9 Å². The first-order valence-electron chi connectivity index (χ1n) is 4.89. The summed E-state index contributed by atoms with van der Waals surface area (Å²) >= 11 is 0. The van der Waals surface area contributed by atoms with E-state index in [0.717, 1.165) is 0 Å². The molecule has 0 bridgehead atoms. The molecule has 0 aliphatic heterocycles. The van der Waals surface area contributed by atoms with Gasteiger partial charge in [0.05, 0.1) is 12.3 Å². The SMILES string of the molecule is COCC(C)Oc1ccc(C(N)=O)cc1N. The Morgan fingerprint density at radius 2 is 2.19 bits per heavy atom. The molecule has 88 valence electrons. The number of amides is 1. The first kappa shape index (κ1) is 12.3. The van der Waals surface area contributed by atoms with Crippen LogP contribution in [0.3, 0.4) is 0 Å². The number of primary amides is 1. The van der Waals surface area contributed by atoms with Gasteiger partial charge in [0, 0.05) is 12.7 Å². The van der Waals surface area contributed by atoms with Crippen molar-refractivity contribution in [3.63, 3.8) is 0 Å². The number of carbonyl (C=O) groups excluding carboxylic acids is 1. The molecule has 1 unspecified atom stereocenters. The second-order valence-corrected chi connectivity index (χ2v) is 3.50. The smallest absolute Gasteiger partial charge is 0.248 e. The molecule has 1 aromatic rings. The molecular formula is C11H16N2O3. The van der Waals surface area contributed by atoms with Crippen LogP contribution in [-0.2, 0) is 4.74 Å². The number of ether oxygens (including phenoxy) is 2. The third-order valence-electron chi connectivity index (χ3n) is 2.02. The van der Waals surface area contributed by atoms with Crippen LogP contribution in [0.4, 0.5) is 5.69 Å². The van der Waals surface area contributed by atoms with Gasteiger partial charge in [-0.3, -0.25) is 4.79 Å². The highest BCUT2D eigenvalue weighted by molar-refractivity contribution is 5.94. The molecule has 0 heterocycles. The van der Waals surface area contributed by atoms with Crippen LogP contribution in [0.25, 0.3) is 0 Å². The third kappa shape index (κ3) is 3.13. The summed E-state index contributed by atoms with van der Waals surface area (Å²) in [5.74, 6) is 0.0118. The summed E-state index contributed by atoms with van der Waals surface area (Å²) in [5, 5.41) is 0. The Hall–Kier alpha value is -1.75. The second-order valence-electron chi connectivity index (χ2n) is 3.50. The number of benzene rings is 1. The molecule has 0 fully saturated rings. The van der Waals surface area contributed by atoms with Crippen LogP contribution in [0, 0.1) is 0 Å². The topological polar surface area (TPSA) is 87.6 Å². The number of anilines is 1. The minimum Gasteiger partial charge on any atom is -0.486 e. The first-order valence-corrected chi connectivity index (χ1v) is 4.89. The molecule has 0 aliphatic carbocycles. The number of hydrogen-bond donors (Lipinski definition) is 2. The average molecular weight is 224 g/mol. The van der Waals surface area contributed by atoms with Gasteiger partial charge in [0.25, 0.3) is 0 Å². The number of carbonyl (C=O) groups is 1. The van der Waals surface area contributed by atoms with Crippen molar-refractivity contribution in [3.8, 4) is 5.75 Å². The van der Waals surface area contributed by atoms with E-state index in [9.17, 15) is 4.79 Å². The van der Waals surface area contributed by atoms with Gasteiger partial charge in [0.2, 0.25) is 5.91 Å². The standard InChI is InChI=1S/C11H16N2O3/c1-7(6-15-2)16-10-4-3-8(11(13)14)5-9(10)12/h3-5,7H,6,12H2,1-2H3,(H2,13,14). The lowest BCUT2D eigenvalue weighted by molar-refractivity contribution is 0.0925. The number of nitrogen functional groups attached to an aromatic ring is 1. The highest BCUT2D eigenvalue weighted by Crippen LogP contribution is 2.23. The minimum absolute atomic E-state index is 0.105. The molecule has 0 aliphatic rings. The van der Waals surface area contributed by atoms with Crippen LogP contribution in [0.5, 0.6) is 5.75 Å². The molecule has 1 amide bonds. The van der Waals surface area contributed by atoms with E-state index in [-0.39, 0.29) is 6.10 Å². The highest BCUT2D eigenvalue weighted by atomic mass is 16.5. The fourth-order valence-corrected chi connectivity index (χ4v) is 1.29. The molecule has 1 rings (SSSR count). The van der Waals surface area contributed by atoms with E-state index in [1.165, 1.54) is 6.07 Å². The van der Waals surface area contributed by atoms with Crippen molar-refractivity contribution >= 4 is 11.6 Å². The Balaban J connectivity index is 2.79. The highest BCUT2D eigenvalue weighted by Gasteiger charge is 2.08. The van der Waals surface area contributed by atoms with Crippen LogP contribution in [0.15, 0.2) is 18.2 Å². The second kappa shape index (κ2) is 5.37. The minimum atomic E-state index is -0.511. The number of methoxy groups -OCH3 is 1. The zero-order chi connectivity index (χ0) is 12.1. The molecule has 1 aromatic carbocycles. The molecule has 0 spiro atoms. The fourth-order valence-electron chi connectivity index (χ4n) is 1.29. The third-order valence-corrected chi connectivity index (χ3v) is 2.02. The van der Waals surface area contributed by atoms with E-state index in [2.05, 4.69) is 0 Å². The predicted molar refractivity (Wildman–Crippen MR) is 61.3 cm³/mol. The lowest BCUT2D eigenvalue weighted by atomic mass is 10.2. The normalized spacial score (nSPS) is 12.1. The Kier molecular flexibility index (Phi) is 4.13. The number of hydrogen-bond acceptors (Lipinski definition) is 4. The Morgan fingerprint density at radius 1 is 1.50 bits per heavy atom. The van der Waals surface area contributed by atoms with Crippen LogP contribution in [-0.4, -0.2) is 25.7 Å². The molecule has 5 heteroatoms. The maximum atomic E-state index is 10.9. The van der Waals surface area contributed by atoms with E-state index >= 15 is 0 Å². The molecule has 0 saturated heterocycles. The molecule has 0 radical (unpaired) electrons. The summed E-state index contributed by atoms with van der Waals surface area (Å²) in [4.78, 5) is 10.9. The van der Waals surface area contributed by atoms with Gasteiger partial charge >= 0.3 is 0 Å². The Labute approximate surface area is 94.3 Å². The summed E-state index contributed by atoms with van der Waals surface area (Å²) < 4.78 is 10.5. The van der Waals surface area contributed by atoms with Gasteiger partial charge in [-0.05, 0) is 25.1 Å². The number of nitrogens with two attached hydrogens (primary N) is 2. The zero-order valence-electron chi connectivity index (χ0n) is 9.40. The van der Waals surface area contributed by atoms with Crippen LogP contribution < -0.4 is 16.2 Å². The molecular weight excluding hydrogens is 208 g/mol. The van der Waals surface area contributed by atoms with Crippen molar-refractivity contribution in [2.24, 2.45) is 5.73 Å². The Bertz CT molecular complexity index is 379. The van der Waals surface area contributed by atoms with Gasteiger partial charge in [0.1, 0.15) is 11.9 Å². The van der Waals surface area contributed by atoms with Gasteiger partial charge in [-0.1, -0.05) is 0 Å². The van der Waals surface area contributed by atoms with Gasteiger partial charge in [0.15, 0.2) is 0 Å². The van der Waals surface area contributed by atoms with E-state index < -0.39 is 5.91 Å². The molecule has 0 saturated carbocycles. The zero-order valence-corrected chi connectivity index (χ0v) is 9.40. The number of rotatable bonds is 5. The van der Waals surface area contributed by atoms with E-state index in [0.29, 0.717) is 23.6 Å². The van der Waals surface area contributed by atoms with Gasteiger partial charge in [-0.15, -0.1) is 0 Å². The molecule has 5 nitrogen and oxygen atoms in total. The largest absolute Gasteiger partial charge is 0.486 e. The van der Waals surface area contributed by atoms with Crippen LogP contribution >= 0.6 is 0 Å². The Morgan fingerprint density at radius 3 is 2.69 bits per heavy atom. The monoisotopic (exact) mass is 224 g/mol. The van der Waals surface area contributed by atoms with Crippen molar-refractivity contribution < 1.29 is 14.3 Å². The fraction of sp³-hybridized carbons (Fsp3) is 0.364. The summed E-state index contributed by atoms with van der Waals surface area (Å²) in [6.07, 6.45) is -0.105. The maximum absolute atomic E-state index is 10.9. The van der Waals surface area contributed by atoms with Crippen LogP contribution in [0.2, 0.25) is 0 Å². The molecule has 4 N–H and O–H groups in total. The average Bonchev–Trinajstić information content (AvgIpc) is 2.21. The lowest BCUT2D eigenvalue weighted by Gasteiger charge is -2.15. The molecule has 1 atom stereocenters. The lowest BCUT2D eigenvalue weighted by Crippen LogP contribution is -2.19. The summed E-state index contributed by atoms with van der Waals surface area (Å²) in [6, 6.07) is 4.70. The van der Waals surface area contributed by atoms with Crippen molar-refractivity contribution in [3.05, 3.63) is 23.8 Å². The van der Waals surface area contributed by atoms with Crippen LogP contribution in [0.1, 0.15) is 17.3 Å². The summed E-state index contributed by atoms with van der Waals surface area (Å²) in [5.41, 5.74) is 11.6. The summed E-state index contributed by atoms with van der Waals surface area (Å²) in [7, 11) is 1.60. The van der Waals surface area contributed by atoms with Crippen molar-refractivity contribution in [2.45, 2.75) is 13.0 Å². The maximum Gasteiger partial charge on any atom is 0.248 e. The first-order chi connectivity index (χ1) is 7.54. The van der Waals surface area contributed by atoms with E-state index in [1.54, 1.807) is 19.2 Å². The van der Waals surface area contributed by atoms with E-state index in [4.69, 9.17) is 20.9 Å². The predicted octanol–water partition coefficient (Wildman–Crippen LogP) is 0.781. The molecule has 0 aromatic heterocycles. The van der Waals surface area contributed by atoms with E-state index in [1.807, 2.05) is 6.92 Å².